The van der Waals surface area contributed by atoms with Gasteiger partial charge in [-0.05, 0) is 35.6 Å². The van der Waals surface area contributed by atoms with Crippen molar-refractivity contribution in [2.75, 3.05) is 10.6 Å². The molecule has 4 rings (SSSR count). The van der Waals surface area contributed by atoms with Crippen molar-refractivity contribution in [3.05, 3.63) is 82.9 Å². The number of aromatic nitrogens is 1. The normalized spacial score (nSPS) is 15.5. The van der Waals surface area contributed by atoms with Crippen LogP contribution in [0.2, 0.25) is 0 Å². The molecule has 3 amide bonds. The molecule has 1 saturated heterocycles. The van der Waals surface area contributed by atoms with E-state index in [0.717, 1.165) is 22.2 Å². The van der Waals surface area contributed by atoms with Gasteiger partial charge in [0.1, 0.15) is 29.0 Å². The highest BCUT2D eigenvalue weighted by molar-refractivity contribution is 8.00. The lowest BCUT2D eigenvalue weighted by Gasteiger charge is -2.31. The molecule has 2 heterocycles. The highest BCUT2D eigenvalue weighted by Gasteiger charge is 2.45. The lowest BCUT2D eigenvalue weighted by Crippen LogP contribution is -2.48. The summed E-state index contributed by atoms with van der Waals surface area (Å²) < 4.78 is 0. The van der Waals surface area contributed by atoms with Gasteiger partial charge in [-0.3, -0.25) is 14.4 Å². The fourth-order valence-electron chi connectivity index (χ4n) is 4.95. The molecule has 0 radical (unpaired) electrons. The van der Waals surface area contributed by atoms with Crippen molar-refractivity contribution in [1.29, 1.82) is 10.5 Å². The first-order valence-corrected chi connectivity index (χ1v) is 14.2. The Kier molecular flexibility index (Phi) is 9.06. The van der Waals surface area contributed by atoms with Crippen LogP contribution in [-0.2, 0) is 20.9 Å². The minimum Gasteiger partial charge on any atom is -0.383 e. The van der Waals surface area contributed by atoms with E-state index in [9.17, 15) is 24.9 Å². The second kappa shape index (κ2) is 12.7. The van der Waals surface area contributed by atoms with Crippen molar-refractivity contribution < 1.29 is 14.4 Å². The van der Waals surface area contributed by atoms with Crippen molar-refractivity contribution >= 4 is 41.0 Å². The molecule has 0 aliphatic carbocycles. The second-order valence-corrected chi connectivity index (χ2v) is 11.1. The summed E-state index contributed by atoms with van der Waals surface area (Å²) in [7, 11) is 0. The monoisotopic (exact) mass is 566 g/mol. The minimum atomic E-state index is -0.995. The molecule has 2 unspecified atom stereocenters. The van der Waals surface area contributed by atoms with Crippen LogP contribution < -0.4 is 10.6 Å². The Hall–Kier alpha value is -4.67. The molecule has 2 aromatic carbocycles. The number of thioether (sulfide) groups is 1. The molecular weight excluding hydrogens is 536 g/mol. The number of amides is 3. The maximum absolute atomic E-state index is 14.2. The molecule has 1 aromatic heterocycles. The van der Waals surface area contributed by atoms with Crippen molar-refractivity contribution in [3.8, 4) is 12.1 Å². The van der Waals surface area contributed by atoms with Gasteiger partial charge < -0.3 is 10.6 Å². The van der Waals surface area contributed by atoms with Crippen LogP contribution in [0.5, 0.6) is 0 Å². The number of nitrogens with zero attached hydrogens (tertiary/aromatic N) is 5. The molecule has 1 aliphatic rings. The van der Waals surface area contributed by atoms with Gasteiger partial charge in [0.2, 0.25) is 11.8 Å². The Morgan fingerprint density at radius 3 is 2.24 bits per heavy atom. The number of para-hydroxylation sites is 1. The summed E-state index contributed by atoms with van der Waals surface area (Å²) in [5.41, 5.74) is 8.22. The third kappa shape index (κ3) is 5.93. The third-order valence-electron chi connectivity index (χ3n) is 6.92. The van der Waals surface area contributed by atoms with E-state index >= 15 is 0 Å². The molecule has 3 aromatic rings. The van der Waals surface area contributed by atoms with Gasteiger partial charge in [0.15, 0.2) is 0 Å². The molecule has 208 valence electrons. The SMILES string of the molecule is CCC(Sc1nc(N)c(C#N)c(C(C)C)c1C#N)C(=O)N(Cc1ccccc1)C1CC(=O)N(c2ccccc2)C1=O. The highest BCUT2D eigenvalue weighted by Crippen LogP contribution is 2.37. The topological polar surface area (TPSA) is 144 Å². The van der Waals surface area contributed by atoms with Crippen molar-refractivity contribution in [2.24, 2.45) is 0 Å². The van der Waals surface area contributed by atoms with Crippen LogP contribution in [0.25, 0.3) is 0 Å². The Bertz CT molecular complexity index is 1550. The fraction of sp³-hybridized carbons (Fsp3) is 0.290. The number of carbonyl (C=O) groups excluding carboxylic acids is 3. The predicted molar refractivity (Wildman–Crippen MR) is 156 cm³/mol. The summed E-state index contributed by atoms with van der Waals surface area (Å²) in [5, 5.41) is 19.2. The molecule has 41 heavy (non-hydrogen) atoms. The van der Waals surface area contributed by atoms with Gasteiger partial charge in [-0.15, -0.1) is 0 Å². The number of hydrogen-bond acceptors (Lipinski definition) is 8. The predicted octanol–water partition coefficient (Wildman–Crippen LogP) is 4.76. The van der Waals surface area contributed by atoms with Gasteiger partial charge >= 0.3 is 0 Å². The molecule has 1 aliphatic heterocycles. The highest BCUT2D eigenvalue weighted by atomic mass is 32.2. The Balaban J connectivity index is 1.73. The molecule has 9 nitrogen and oxygen atoms in total. The molecular formula is C31H30N6O3S. The number of pyridine rings is 1. The van der Waals surface area contributed by atoms with Crippen LogP contribution >= 0.6 is 11.8 Å². The van der Waals surface area contributed by atoms with Crippen molar-refractivity contribution in [1.82, 2.24) is 9.88 Å². The van der Waals surface area contributed by atoms with E-state index in [1.54, 1.807) is 30.3 Å². The van der Waals surface area contributed by atoms with Gasteiger partial charge in [-0.1, -0.05) is 81.1 Å². The molecule has 2 N–H and O–H groups in total. The van der Waals surface area contributed by atoms with E-state index in [-0.39, 0.29) is 52.7 Å². The molecule has 2 atom stereocenters. The van der Waals surface area contributed by atoms with Gasteiger partial charge in [0, 0.05) is 6.54 Å². The Labute approximate surface area is 243 Å². The van der Waals surface area contributed by atoms with Crippen LogP contribution in [0.3, 0.4) is 0 Å². The number of nitrogen functional groups attached to an aromatic ring is 1. The summed E-state index contributed by atoms with van der Waals surface area (Å²) in [6, 6.07) is 21.1. The second-order valence-electron chi connectivity index (χ2n) is 9.93. The minimum absolute atomic E-state index is 0.00351. The maximum atomic E-state index is 14.2. The number of imide groups is 1. The van der Waals surface area contributed by atoms with E-state index in [1.807, 2.05) is 57.2 Å². The summed E-state index contributed by atoms with van der Waals surface area (Å²) in [5.74, 6) is -1.39. The summed E-state index contributed by atoms with van der Waals surface area (Å²) in [6.07, 6.45) is 0.214. The Morgan fingerprint density at radius 2 is 1.68 bits per heavy atom. The number of benzene rings is 2. The lowest BCUT2D eigenvalue weighted by atomic mass is 9.94. The number of carbonyl (C=O) groups is 3. The standard InChI is InChI=1S/C31H30N6O3S/c1-4-25(41-29-23(17-33)27(19(2)3)22(16-32)28(34)35-29)31(40)36(18-20-11-7-5-8-12-20)24-15-26(38)37(30(24)39)21-13-9-6-10-14-21/h5-14,19,24-25H,4,15,18H2,1-3H3,(H2,34,35). The zero-order chi connectivity index (χ0) is 29.7. The average Bonchev–Trinajstić information content (AvgIpc) is 3.27. The van der Waals surface area contributed by atoms with Gasteiger partial charge in [0.25, 0.3) is 5.91 Å². The van der Waals surface area contributed by atoms with Gasteiger partial charge in [-0.2, -0.15) is 10.5 Å². The first-order valence-electron chi connectivity index (χ1n) is 13.3. The molecule has 1 fully saturated rings. The number of nitriles is 2. The molecule has 0 saturated carbocycles. The smallest absolute Gasteiger partial charge is 0.257 e. The van der Waals surface area contributed by atoms with E-state index in [1.165, 1.54) is 4.90 Å². The first-order chi connectivity index (χ1) is 19.7. The van der Waals surface area contributed by atoms with E-state index < -0.39 is 17.2 Å². The largest absolute Gasteiger partial charge is 0.383 e. The van der Waals surface area contributed by atoms with E-state index in [4.69, 9.17) is 5.73 Å². The summed E-state index contributed by atoms with van der Waals surface area (Å²) in [4.78, 5) is 47.9. The molecule has 10 heteroatoms. The Morgan fingerprint density at radius 1 is 1.07 bits per heavy atom. The third-order valence-corrected chi connectivity index (χ3v) is 8.26. The van der Waals surface area contributed by atoms with Crippen molar-refractivity contribution in [3.63, 3.8) is 0 Å². The van der Waals surface area contributed by atoms with E-state index in [0.29, 0.717) is 17.7 Å². The van der Waals surface area contributed by atoms with Crippen LogP contribution in [0.1, 0.15) is 61.8 Å². The number of hydrogen-bond donors (Lipinski definition) is 1. The summed E-state index contributed by atoms with van der Waals surface area (Å²) in [6.45, 7) is 5.66. The van der Waals surface area contributed by atoms with E-state index in [2.05, 4.69) is 11.1 Å². The average molecular weight is 567 g/mol. The quantitative estimate of drug-likeness (QED) is 0.288. The van der Waals surface area contributed by atoms with Gasteiger partial charge in [-0.25, -0.2) is 9.88 Å². The maximum Gasteiger partial charge on any atom is 0.257 e. The molecule has 0 bridgehead atoms. The zero-order valence-electron chi connectivity index (χ0n) is 23.1. The molecule has 0 spiro atoms. The number of nitrogens with two attached hydrogens (primary N) is 1. The number of anilines is 2. The van der Waals surface area contributed by atoms with Crippen molar-refractivity contribution in [2.45, 2.75) is 62.4 Å². The number of rotatable bonds is 9. The van der Waals surface area contributed by atoms with Crippen LogP contribution in [0.15, 0.2) is 65.7 Å². The summed E-state index contributed by atoms with van der Waals surface area (Å²) >= 11 is 1.09. The van der Waals surface area contributed by atoms with Crippen LogP contribution in [-0.4, -0.2) is 38.9 Å². The fourth-order valence-corrected chi connectivity index (χ4v) is 6.04. The van der Waals surface area contributed by atoms with Crippen LogP contribution in [0.4, 0.5) is 11.5 Å². The zero-order valence-corrected chi connectivity index (χ0v) is 23.9. The first kappa shape index (κ1) is 29.3. The van der Waals surface area contributed by atoms with Gasteiger partial charge in [0.05, 0.1) is 28.5 Å². The lowest BCUT2D eigenvalue weighted by molar-refractivity contribution is -0.138. The van der Waals surface area contributed by atoms with Crippen LogP contribution in [0, 0.1) is 22.7 Å².